The fraction of sp³-hybridized carbons (Fsp3) is 0.238. The minimum Gasteiger partial charge on any atom is -0.481 e. The fourth-order valence-corrected chi connectivity index (χ4v) is 4.61. The first-order valence-electron chi connectivity index (χ1n) is 9.19. The first-order valence-corrected chi connectivity index (χ1v) is 10.4. The van der Waals surface area contributed by atoms with Crippen molar-refractivity contribution in [1.82, 2.24) is 9.47 Å². The number of benzene rings is 1. The topological polar surface area (TPSA) is 99.8 Å². The molecular weight excluding hydrogens is 424 g/mol. The van der Waals surface area contributed by atoms with E-state index in [1.807, 2.05) is 24.5 Å². The summed E-state index contributed by atoms with van der Waals surface area (Å²) in [7, 11) is 0. The van der Waals surface area contributed by atoms with Gasteiger partial charge in [-0.15, -0.1) is 0 Å². The van der Waals surface area contributed by atoms with Gasteiger partial charge in [0.2, 0.25) is 0 Å². The van der Waals surface area contributed by atoms with Crippen LogP contribution in [0, 0.1) is 13.8 Å². The molecule has 0 spiro atoms. The van der Waals surface area contributed by atoms with Crippen molar-refractivity contribution < 1.29 is 24.6 Å². The van der Waals surface area contributed by atoms with Crippen LogP contribution in [-0.4, -0.2) is 48.4 Å². The Hall–Kier alpha value is -2.91. The zero-order valence-corrected chi connectivity index (χ0v) is 18.0. The maximum atomic E-state index is 12.7. The lowest BCUT2D eigenvalue weighted by molar-refractivity contribution is -0.137. The monoisotopic (exact) mass is 444 g/mol. The van der Waals surface area contributed by atoms with E-state index < -0.39 is 11.9 Å². The average Bonchev–Trinajstić information content (AvgIpc) is 3.11. The summed E-state index contributed by atoms with van der Waals surface area (Å²) >= 11 is 6.50. The molecule has 7 nitrogen and oxygen atoms in total. The summed E-state index contributed by atoms with van der Waals surface area (Å²) in [5.41, 5.74) is 3.76. The van der Waals surface area contributed by atoms with Crippen LogP contribution in [0.4, 0.5) is 0 Å². The summed E-state index contributed by atoms with van der Waals surface area (Å²) in [6.07, 6.45) is 2.12. The fourth-order valence-electron chi connectivity index (χ4n) is 3.31. The zero-order valence-electron chi connectivity index (χ0n) is 16.4. The summed E-state index contributed by atoms with van der Waals surface area (Å²) in [4.78, 5) is 36.4. The summed E-state index contributed by atoms with van der Waals surface area (Å²) in [6.45, 7) is 4.15. The van der Waals surface area contributed by atoms with Crippen LogP contribution < -0.4 is 0 Å². The minimum atomic E-state index is -0.978. The lowest BCUT2D eigenvalue weighted by Crippen LogP contribution is -2.29. The van der Waals surface area contributed by atoms with Gasteiger partial charge < -0.3 is 14.8 Å². The Morgan fingerprint density at radius 1 is 1.17 bits per heavy atom. The van der Waals surface area contributed by atoms with E-state index in [0.29, 0.717) is 15.6 Å². The van der Waals surface area contributed by atoms with Crippen LogP contribution in [0.15, 0.2) is 35.2 Å². The third kappa shape index (κ3) is 4.47. The third-order valence-electron chi connectivity index (χ3n) is 4.78. The number of aromatic carboxylic acids is 1. The molecule has 30 heavy (non-hydrogen) atoms. The number of carboxylic acid groups (broad SMARTS) is 2. The van der Waals surface area contributed by atoms with Crippen molar-refractivity contribution in [3.63, 3.8) is 0 Å². The Morgan fingerprint density at radius 2 is 1.83 bits per heavy atom. The summed E-state index contributed by atoms with van der Waals surface area (Å²) in [5, 5.41) is 17.9. The average molecular weight is 445 g/mol. The Bertz CT molecular complexity index is 1070. The number of aryl methyl sites for hydroxylation is 1. The van der Waals surface area contributed by atoms with Crippen LogP contribution in [0.25, 0.3) is 11.8 Å². The smallest absolute Gasteiger partial charge is 0.335 e. The summed E-state index contributed by atoms with van der Waals surface area (Å²) < 4.78 is 2.42. The molecule has 1 aromatic carbocycles. The molecule has 2 aromatic rings. The number of hydrogen-bond donors (Lipinski definition) is 2. The highest BCUT2D eigenvalue weighted by atomic mass is 32.2. The quantitative estimate of drug-likeness (QED) is 0.494. The number of carboxylic acids is 2. The zero-order chi connectivity index (χ0) is 22.0. The van der Waals surface area contributed by atoms with E-state index in [1.54, 1.807) is 30.3 Å². The number of thioether (sulfide) groups is 1. The van der Waals surface area contributed by atoms with Gasteiger partial charge in [0.1, 0.15) is 4.32 Å². The van der Waals surface area contributed by atoms with Crippen LogP contribution in [0.3, 0.4) is 0 Å². The van der Waals surface area contributed by atoms with E-state index in [4.69, 9.17) is 22.4 Å². The molecule has 1 fully saturated rings. The van der Waals surface area contributed by atoms with Crippen molar-refractivity contribution in [1.29, 1.82) is 0 Å². The predicted molar refractivity (Wildman–Crippen MR) is 119 cm³/mol. The largest absolute Gasteiger partial charge is 0.481 e. The van der Waals surface area contributed by atoms with Crippen LogP contribution in [-0.2, 0) is 9.59 Å². The molecule has 1 aromatic heterocycles. The molecule has 3 rings (SSSR count). The Kier molecular flexibility index (Phi) is 6.42. The summed E-state index contributed by atoms with van der Waals surface area (Å²) in [5.74, 6) is -2.10. The highest BCUT2D eigenvalue weighted by Crippen LogP contribution is 2.34. The minimum absolute atomic E-state index is 0.0159. The van der Waals surface area contributed by atoms with Crippen molar-refractivity contribution in [2.75, 3.05) is 6.54 Å². The van der Waals surface area contributed by atoms with Crippen LogP contribution in [0.1, 0.15) is 40.2 Å². The van der Waals surface area contributed by atoms with E-state index in [0.717, 1.165) is 22.6 Å². The van der Waals surface area contributed by atoms with Gasteiger partial charge in [0.15, 0.2) is 0 Å². The molecule has 0 saturated carbocycles. The van der Waals surface area contributed by atoms with E-state index in [2.05, 4.69) is 0 Å². The van der Waals surface area contributed by atoms with E-state index in [9.17, 15) is 14.4 Å². The highest BCUT2D eigenvalue weighted by Gasteiger charge is 2.32. The number of rotatable bonds is 7. The number of aliphatic carboxylic acids is 1. The molecule has 1 amide bonds. The number of aromatic nitrogens is 1. The second kappa shape index (κ2) is 8.85. The molecule has 0 aliphatic carbocycles. The SMILES string of the molecule is Cc1cc(C=C2SC(=S)N(CCCC(=O)O)C2=O)c(C)n1-c1ccc(C(=O)O)cc1. The van der Waals surface area contributed by atoms with Gasteiger partial charge in [-0.2, -0.15) is 0 Å². The van der Waals surface area contributed by atoms with Crippen molar-refractivity contribution in [2.45, 2.75) is 26.7 Å². The molecule has 9 heteroatoms. The number of hydrogen-bond acceptors (Lipinski definition) is 5. The van der Waals surface area contributed by atoms with Crippen LogP contribution in [0.2, 0.25) is 0 Å². The summed E-state index contributed by atoms with van der Waals surface area (Å²) in [6, 6.07) is 8.55. The van der Waals surface area contributed by atoms with Gasteiger partial charge >= 0.3 is 11.9 Å². The Morgan fingerprint density at radius 3 is 2.43 bits per heavy atom. The van der Waals surface area contributed by atoms with Crippen molar-refractivity contribution in [3.05, 3.63) is 57.8 Å². The number of thiocarbonyl (C=S) groups is 1. The molecule has 0 atom stereocenters. The standard InChI is InChI=1S/C21H20N2O5S2/c1-12-10-15(13(2)23(12)16-7-5-14(6-8-16)20(27)28)11-17-19(26)22(21(29)30-17)9-3-4-18(24)25/h5-8,10-11H,3-4,9H2,1-2H3,(H,24,25)(H,27,28). The molecule has 2 N–H and O–H groups in total. The molecule has 0 radical (unpaired) electrons. The maximum absolute atomic E-state index is 12.7. The van der Waals surface area contributed by atoms with Crippen molar-refractivity contribution in [3.8, 4) is 5.69 Å². The molecule has 156 valence electrons. The lowest BCUT2D eigenvalue weighted by atomic mass is 10.2. The number of carbonyl (C=O) groups is 3. The van der Waals surface area contributed by atoms with Crippen molar-refractivity contribution >= 4 is 52.2 Å². The molecule has 1 saturated heterocycles. The third-order valence-corrected chi connectivity index (χ3v) is 6.15. The first-order chi connectivity index (χ1) is 14.2. The first kappa shape index (κ1) is 21.8. The maximum Gasteiger partial charge on any atom is 0.335 e. The number of nitrogens with zero attached hydrogens (tertiary/aromatic N) is 2. The van der Waals surface area contributed by atoms with Crippen LogP contribution in [0.5, 0.6) is 0 Å². The molecule has 0 bridgehead atoms. The van der Waals surface area contributed by atoms with Crippen molar-refractivity contribution in [2.24, 2.45) is 0 Å². The molecular formula is C21H20N2O5S2. The predicted octanol–water partition coefficient (Wildman–Crippen LogP) is 3.86. The molecule has 1 aliphatic rings. The van der Waals surface area contributed by atoms with E-state index >= 15 is 0 Å². The normalized spacial score (nSPS) is 15.3. The lowest BCUT2D eigenvalue weighted by Gasteiger charge is -2.13. The van der Waals surface area contributed by atoms with Gasteiger partial charge in [-0.05, 0) is 62.2 Å². The van der Waals surface area contributed by atoms with Gasteiger partial charge in [0, 0.05) is 30.0 Å². The highest BCUT2D eigenvalue weighted by molar-refractivity contribution is 8.26. The second-order valence-electron chi connectivity index (χ2n) is 6.84. The van der Waals surface area contributed by atoms with E-state index in [1.165, 1.54) is 16.7 Å². The molecule has 2 heterocycles. The molecule has 1 aliphatic heterocycles. The second-order valence-corrected chi connectivity index (χ2v) is 8.52. The van der Waals surface area contributed by atoms with Gasteiger partial charge in [-0.3, -0.25) is 14.5 Å². The van der Waals surface area contributed by atoms with Gasteiger partial charge in [0.05, 0.1) is 10.5 Å². The number of amides is 1. The number of carbonyl (C=O) groups excluding carboxylic acids is 1. The van der Waals surface area contributed by atoms with Crippen LogP contribution >= 0.6 is 24.0 Å². The van der Waals surface area contributed by atoms with E-state index in [-0.39, 0.29) is 24.4 Å². The van der Waals surface area contributed by atoms with Gasteiger partial charge in [-0.1, -0.05) is 24.0 Å². The molecule has 0 unspecified atom stereocenters. The Balaban J connectivity index is 1.85. The Labute approximate surface area is 183 Å². The van der Waals surface area contributed by atoms with Gasteiger partial charge in [0.25, 0.3) is 5.91 Å². The van der Waals surface area contributed by atoms with Gasteiger partial charge in [-0.25, -0.2) is 4.79 Å².